The molecule has 0 aromatic heterocycles. The van der Waals surface area contributed by atoms with Crippen molar-refractivity contribution in [3.8, 4) is 0 Å². The maximum absolute atomic E-state index is 10.7. The third-order valence-electron chi connectivity index (χ3n) is 10.1. The Morgan fingerprint density at radius 1 is 0.306 bits per heavy atom. The van der Waals surface area contributed by atoms with Crippen LogP contribution in [-0.2, 0) is 19.2 Å². The second-order valence-electron chi connectivity index (χ2n) is 14.7. The molecule has 62 heavy (non-hydrogen) atoms. The number of likely N-dealkylation sites (tertiary alicyclic amines) is 7. The summed E-state index contributed by atoms with van der Waals surface area (Å²) in [5.74, 6) is 3.41. The van der Waals surface area contributed by atoms with Gasteiger partial charge in [0.25, 0.3) is 0 Å². The first kappa shape index (κ1) is 74.1. The molecule has 1 saturated carbocycles. The van der Waals surface area contributed by atoms with Gasteiger partial charge in [-0.2, -0.15) is 0 Å². The summed E-state index contributed by atoms with van der Waals surface area (Å²) in [6.45, 7) is 39.9. The summed E-state index contributed by atoms with van der Waals surface area (Å²) >= 11 is 0. The molecular formula is C51H115N7O4. The van der Waals surface area contributed by atoms with Gasteiger partial charge in [-0.25, -0.2) is 0 Å². The molecule has 8 rings (SSSR count). The third-order valence-corrected chi connectivity index (χ3v) is 10.1. The Bertz CT molecular complexity index is 878. The number of rotatable bonds is 0. The van der Waals surface area contributed by atoms with Crippen molar-refractivity contribution in [2.75, 3.05) is 115 Å². The first-order chi connectivity index (χ1) is 29.4. The van der Waals surface area contributed by atoms with Crippen molar-refractivity contribution in [3.63, 3.8) is 0 Å². The highest BCUT2D eigenvalue weighted by atomic mass is 16.2. The summed E-state index contributed by atoms with van der Waals surface area (Å²) in [7, 11) is 13.9. The Morgan fingerprint density at radius 2 is 0.532 bits per heavy atom. The Hall–Kier alpha value is -2.24. The van der Waals surface area contributed by atoms with Crippen LogP contribution in [0, 0.1) is 11.8 Å². The standard InChI is InChI=1S/C6H11NO.C6H11N.3C5H9NO.C5H11N.C4H9N.7C2H6.CH4/c1-7-5-3-2-4-6(7)8;1-7-3-5-2-6(5)4-7;3*1-6-4-2-3-5(6)7;1-6-4-2-3-5-6;1-5-3-2-4-5;7*1-2;/h2-5H2,1H3;5-6H,2-4H2,1H3;3*2-4H2,1H3;2-5H2,1H3;2-4H2,1H3;7*1-2H3;1H4. The lowest BCUT2D eigenvalue weighted by atomic mass is 10.1. The number of fused-ring (bicyclic) bond motifs is 1. The average Bonchev–Trinajstić information content (AvgIpc) is 3.89. The monoisotopic (exact) mass is 890 g/mol. The van der Waals surface area contributed by atoms with Gasteiger partial charge in [-0.15, -0.1) is 0 Å². The minimum atomic E-state index is 0. The highest BCUT2D eigenvalue weighted by Crippen LogP contribution is 2.44. The summed E-state index contributed by atoms with van der Waals surface area (Å²) in [5.41, 5.74) is 0. The molecule has 7 saturated heterocycles. The predicted octanol–water partition coefficient (Wildman–Crippen LogP) is 10.8. The van der Waals surface area contributed by atoms with E-state index in [1.54, 1.807) is 19.6 Å². The highest BCUT2D eigenvalue weighted by molar-refractivity contribution is 5.78. The minimum Gasteiger partial charge on any atom is -0.346 e. The molecule has 11 nitrogen and oxygen atoms in total. The van der Waals surface area contributed by atoms with Gasteiger partial charge in [-0.3, -0.25) is 19.2 Å². The fourth-order valence-corrected chi connectivity index (χ4v) is 6.27. The molecule has 0 aromatic rings. The van der Waals surface area contributed by atoms with E-state index in [9.17, 15) is 19.2 Å². The van der Waals surface area contributed by atoms with Crippen LogP contribution >= 0.6 is 0 Å². The number of amides is 4. The van der Waals surface area contributed by atoms with Gasteiger partial charge < -0.3 is 34.3 Å². The zero-order chi connectivity index (χ0) is 48.8. The lowest BCUT2D eigenvalue weighted by Gasteiger charge is -2.24. The van der Waals surface area contributed by atoms with Gasteiger partial charge in [0.15, 0.2) is 0 Å². The normalized spacial score (nSPS) is 20.8. The van der Waals surface area contributed by atoms with Crippen molar-refractivity contribution in [2.24, 2.45) is 11.8 Å². The van der Waals surface area contributed by atoms with E-state index in [-0.39, 0.29) is 7.43 Å². The molecule has 0 N–H and O–H groups in total. The van der Waals surface area contributed by atoms with E-state index < -0.39 is 0 Å². The van der Waals surface area contributed by atoms with Crippen LogP contribution in [0.4, 0.5) is 0 Å². The topological polar surface area (TPSA) is 91.0 Å². The van der Waals surface area contributed by atoms with Crippen LogP contribution in [0.5, 0.6) is 0 Å². The van der Waals surface area contributed by atoms with Crippen LogP contribution in [-0.4, -0.2) is 173 Å². The molecule has 0 spiro atoms. The number of piperidine rings is 2. The summed E-state index contributed by atoms with van der Waals surface area (Å²) in [6.07, 6.45) is 14.2. The number of carbonyl (C=O) groups excluding carboxylic acids is 4. The lowest BCUT2D eigenvalue weighted by Crippen LogP contribution is -2.32. The summed E-state index contributed by atoms with van der Waals surface area (Å²) in [6, 6.07) is 0. The summed E-state index contributed by atoms with van der Waals surface area (Å²) in [4.78, 5) is 56.4. The van der Waals surface area contributed by atoms with E-state index in [0.717, 1.165) is 89.4 Å². The van der Waals surface area contributed by atoms with E-state index in [2.05, 4.69) is 35.8 Å². The average molecular weight is 891 g/mol. The molecule has 0 bridgehead atoms. The fraction of sp³-hybridized carbons (Fsp3) is 0.922. The van der Waals surface area contributed by atoms with Gasteiger partial charge in [0.2, 0.25) is 23.6 Å². The maximum Gasteiger partial charge on any atom is 0.222 e. The molecule has 378 valence electrons. The molecule has 0 radical (unpaired) electrons. The molecular weight excluding hydrogens is 775 g/mol. The van der Waals surface area contributed by atoms with Gasteiger partial charge in [0.1, 0.15) is 0 Å². The third kappa shape index (κ3) is 43.0. The number of hydrogen-bond donors (Lipinski definition) is 0. The Kier molecular flexibility index (Phi) is 65.6. The first-order valence-electron chi connectivity index (χ1n) is 25.4. The molecule has 1 aliphatic carbocycles. The zero-order valence-corrected chi connectivity index (χ0v) is 45.2. The van der Waals surface area contributed by atoms with Crippen molar-refractivity contribution >= 4 is 23.6 Å². The van der Waals surface area contributed by atoms with Crippen LogP contribution < -0.4 is 0 Å². The van der Waals surface area contributed by atoms with Crippen LogP contribution in [0.15, 0.2) is 0 Å². The van der Waals surface area contributed by atoms with E-state index in [1.165, 1.54) is 71.4 Å². The van der Waals surface area contributed by atoms with E-state index in [4.69, 9.17) is 0 Å². The van der Waals surface area contributed by atoms with Crippen molar-refractivity contribution in [1.29, 1.82) is 0 Å². The van der Waals surface area contributed by atoms with E-state index in [1.807, 2.05) is 125 Å². The SMILES string of the molecule is C.CC.CC.CC.CC.CC.CC.CC.CN1CC2CC2C1.CN1CCC1.CN1CCCC1.CN1CCCC1=O.CN1CCCC1=O.CN1CCCC1=O.CN1CCCCC1=O. The Balaban J connectivity index is -0.000000109. The van der Waals surface area contributed by atoms with Crippen LogP contribution in [0.2, 0.25) is 0 Å². The summed E-state index contributed by atoms with van der Waals surface area (Å²) in [5, 5.41) is 0. The van der Waals surface area contributed by atoms with E-state index >= 15 is 0 Å². The number of nitrogens with zero attached hydrogens (tertiary/aromatic N) is 7. The predicted molar refractivity (Wildman–Crippen MR) is 276 cm³/mol. The van der Waals surface area contributed by atoms with Crippen molar-refractivity contribution in [3.05, 3.63) is 0 Å². The van der Waals surface area contributed by atoms with Crippen LogP contribution in [0.1, 0.15) is 188 Å². The highest BCUT2D eigenvalue weighted by Gasteiger charge is 2.43. The zero-order valence-electron chi connectivity index (χ0n) is 45.2. The van der Waals surface area contributed by atoms with Gasteiger partial charge in [-0.05, 0) is 117 Å². The quantitative estimate of drug-likeness (QED) is 0.239. The molecule has 4 amide bonds. The van der Waals surface area contributed by atoms with Crippen molar-refractivity contribution < 1.29 is 19.2 Å². The number of carbonyl (C=O) groups is 4. The van der Waals surface area contributed by atoms with Crippen molar-refractivity contribution in [2.45, 2.75) is 188 Å². The van der Waals surface area contributed by atoms with Gasteiger partial charge >= 0.3 is 0 Å². The molecule has 8 aliphatic rings. The Labute approximate surface area is 390 Å². The minimum absolute atomic E-state index is 0. The molecule has 7 aliphatic heterocycles. The number of hydrogen-bond acceptors (Lipinski definition) is 7. The molecule has 2 unspecified atom stereocenters. The van der Waals surface area contributed by atoms with Gasteiger partial charge in [-0.1, -0.05) is 104 Å². The van der Waals surface area contributed by atoms with Gasteiger partial charge in [0, 0.05) is 93.1 Å². The van der Waals surface area contributed by atoms with Crippen LogP contribution in [0.3, 0.4) is 0 Å². The fourth-order valence-electron chi connectivity index (χ4n) is 6.27. The van der Waals surface area contributed by atoms with E-state index in [0.29, 0.717) is 23.6 Å². The molecule has 7 heterocycles. The molecule has 11 heteroatoms. The van der Waals surface area contributed by atoms with Crippen molar-refractivity contribution in [1.82, 2.24) is 34.3 Å². The Morgan fingerprint density at radius 3 is 0.645 bits per heavy atom. The maximum atomic E-state index is 10.7. The van der Waals surface area contributed by atoms with Crippen LogP contribution in [0.25, 0.3) is 0 Å². The lowest BCUT2D eigenvalue weighted by molar-refractivity contribution is -0.132. The largest absolute Gasteiger partial charge is 0.346 e. The summed E-state index contributed by atoms with van der Waals surface area (Å²) < 4.78 is 0. The second-order valence-corrected chi connectivity index (χ2v) is 14.7. The molecule has 2 atom stereocenters. The second kappa shape index (κ2) is 54.9. The molecule has 8 fully saturated rings. The first-order valence-corrected chi connectivity index (χ1v) is 25.4. The smallest absolute Gasteiger partial charge is 0.222 e. The van der Waals surface area contributed by atoms with Gasteiger partial charge in [0.05, 0.1) is 0 Å². The molecule has 0 aromatic carbocycles.